The van der Waals surface area contributed by atoms with Gasteiger partial charge >= 0.3 is 0 Å². The molecule has 0 aliphatic carbocycles. The van der Waals surface area contributed by atoms with E-state index in [1.807, 2.05) is 17.8 Å². The summed E-state index contributed by atoms with van der Waals surface area (Å²) in [6.45, 7) is 0. The van der Waals surface area contributed by atoms with Crippen molar-refractivity contribution in [3.8, 4) is 5.75 Å². The first kappa shape index (κ1) is 12.1. The standard InChI is InChI=1S/C10H11ClO3S2/c11-16(12,13)7-8-2-1-3-9(4-8)14-10-5-15-6-10/h1-4,10H,5-7H2. The van der Waals surface area contributed by atoms with Crippen LogP contribution in [0.3, 0.4) is 0 Å². The normalized spacial score (nSPS) is 16.8. The number of rotatable bonds is 4. The maximum absolute atomic E-state index is 10.9. The summed E-state index contributed by atoms with van der Waals surface area (Å²) in [4.78, 5) is 0. The van der Waals surface area contributed by atoms with Gasteiger partial charge in [0.25, 0.3) is 0 Å². The number of hydrogen-bond donors (Lipinski definition) is 0. The largest absolute Gasteiger partial charge is 0.489 e. The van der Waals surface area contributed by atoms with Crippen LogP contribution in [0, 0.1) is 0 Å². The number of benzene rings is 1. The highest BCUT2D eigenvalue weighted by Crippen LogP contribution is 2.25. The third-order valence-electron chi connectivity index (χ3n) is 2.15. The summed E-state index contributed by atoms with van der Waals surface area (Å²) in [6.07, 6.45) is 0.257. The van der Waals surface area contributed by atoms with Crippen molar-refractivity contribution >= 4 is 31.5 Å². The Balaban J connectivity index is 2.06. The van der Waals surface area contributed by atoms with Crippen LogP contribution < -0.4 is 4.74 Å². The van der Waals surface area contributed by atoms with Gasteiger partial charge in [0.15, 0.2) is 0 Å². The van der Waals surface area contributed by atoms with Crippen molar-refractivity contribution in [1.82, 2.24) is 0 Å². The maximum atomic E-state index is 10.9. The van der Waals surface area contributed by atoms with Gasteiger partial charge in [0.05, 0.1) is 5.75 Å². The lowest BCUT2D eigenvalue weighted by Gasteiger charge is -2.25. The van der Waals surface area contributed by atoms with E-state index in [9.17, 15) is 8.42 Å². The topological polar surface area (TPSA) is 43.4 Å². The van der Waals surface area contributed by atoms with Gasteiger partial charge in [0, 0.05) is 22.2 Å². The van der Waals surface area contributed by atoms with Crippen LogP contribution in [-0.4, -0.2) is 26.0 Å². The van der Waals surface area contributed by atoms with Gasteiger partial charge in [0.1, 0.15) is 11.9 Å². The van der Waals surface area contributed by atoms with Gasteiger partial charge < -0.3 is 4.74 Å². The van der Waals surface area contributed by atoms with Gasteiger partial charge in [-0.05, 0) is 17.7 Å². The average molecular weight is 279 g/mol. The van der Waals surface area contributed by atoms with Gasteiger partial charge in [-0.15, -0.1) is 0 Å². The van der Waals surface area contributed by atoms with E-state index in [1.165, 1.54) is 0 Å². The summed E-state index contributed by atoms with van der Waals surface area (Å²) in [5.41, 5.74) is 0.652. The molecule has 0 saturated carbocycles. The molecular formula is C10H11ClO3S2. The lowest BCUT2D eigenvalue weighted by molar-refractivity contribution is 0.240. The number of halogens is 1. The van der Waals surface area contributed by atoms with Crippen molar-refractivity contribution in [1.29, 1.82) is 0 Å². The first-order chi connectivity index (χ1) is 7.53. The highest BCUT2D eigenvalue weighted by atomic mass is 35.7. The van der Waals surface area contributed by atoms with E-state index in [-0.39, 0.29) is 11.9 Å². The van der Waals surface area contributed by atoms with Crippen molar-refractivity contribution in [3.05, 3.63) is 29.8 Å². The van der Waals surface area contributed by atoms with Crippen LogP contribution in [0.4, 0.5) is 0 Å². The molecule has 0 radical (unpaired) electrons. The lowest BCUT2D eigenvalue weighted by atomic mass is 10.2. The van der Waals surface area contributed by atoms with Crippen molar-refractivity contribution < 1.29 is 13.2 Å². The van der Waals surface area contributed by atoms with E-state index in [1.54, 1.807) is 18.2 Å². The smallest absolute Gasteiger partial charge is 0.236 e. The Hall–Kier alpha value is -0.390. The lowest BCUT2D eigenvalue weighted by Crippen LogP contribution is -2.31. The first-order valence-electron chi connectivity index (χ1n) is 4.78. The molecule has 1 heterocycles. The van der Waals surface area contributed by atoms with Crippen molar-refractivity contribution in [3.63, 3.8) is 0 Å². The van der Waals surface area contributed by atoms with Crippen molar-refractivity contribution in [2.24, 2.45) is 0 Å². The van der Waals surface area contributed by atoms with Crippen LogP contribution in [-0.2, 0) is 14.8 Å². The van der Waals surface area contributed by atoms with E-state index < -0.39 is 9.05 Å². The quantitative estimate of drug-likeness (QED) is 0.793. The highest BCUT2D eigenvalue weighted by molar-refractivity contribution is 8.13. The number of ether oxygens (including phenoxy) is 1. The molecule has 1 aliphatic heterocycles. The Kier molecular flexibility index (Phi) is 3.66. The zero-order valence-corrected chi connectivity index (χ0v) is 10.8. The minimum atomic E-state index is -3.50. The molecular weight excluding hydrogens is 268 g/mol. The summed E-state index contributed by atoms with van der Waals surface area (Å²) in [5.74, 6) is 2.55. The Morgan fingerprint density at radius 3 is 2.75 bits per heavy atom. The van der Waals surface area contributed by atoms with Crippen LogP contribution in [0.1, 0.15) is 5.56 Å². The third kappa shape index (κ3) is 3.57. The molecule has 1 aliphatic rings. The second-order valence-electron chi connectivity index (χ2n) is 3.61. The summed E-state index contributed by atoms with van der Waals surface area (Å²) in [5, 5.41) is 0. The minimum absolute atomic E-state index is 0.162. The molecule has 2 rings (SSSR count). The summed E-state index contributed by atoms with van der Waals surface area (Å²) < 4.78 is 27.5. The zero-order valence-electron chi connectivity index (χ0n) is 8.43. The molecule has 0 spiro atoms. The van der Waals surface area contributed by atoms with E-state index in [0.717, 1.165) is 11.5 Å². The maximum Gasteiger partial charge on any atom is 0.236 e. The van der Waals surface area contributed by atoms with Gasteiger partial charge in [-0.25, -0.2) is 8.42 Å². The van der Waals surface area contributed by atoms with E-state index in [0.29, 0.717) is 11.3 Å². The molecule has 0 atom stereocenters. The summed E-state index contributed by atoms with van der Waals surface area (Å²) >= 11 is 1.84. The second kappa shape index (κ2) is 4.85. The fourth-order valence-electron chi connectivity index (χ4n) is 1.38. The first-order valence-corrected chi connectivity index (χ1v) is 8.42. The molecule has 16 heavy (non-hydrogen) atoms. The molecule has 1 aromatic carbocycles. The number of hydrogen-bond acceptors (Lipinski definition) is 4. The predicted octanol–water partition coefficient (Wildman–Crippen LogP) is 2.25. The fourth-order valence-corrected chi connectivity index (χ4v) is 2.90. The fraction of sp³-hybridized carbons (Fsp3) is 0.400. The monoisotopic (exact) mass is 278 g/mol. The SMILES string of the molecule is O=S(=O)(Cl)Cc1cccc(OC2CSC2)c1. The Morgan fingerprint density at radius 1 is 1.44 bits per heavy atom. The summed E-state index contributed by atoms with van der Waals surface area (Å²) in [7, 11) is 1.69. The van der Waals surface area contributed by atoms with Crippen LogP contribution in [0.5, 0.6) is 5.75 Å². The highest BCUT2D eigenvalue weighted by Gasteiger charge is 2.19. The molecule has 0 amide bonds. The number of thioether (sulfide) groups is 1. The van der Waals surface area contributed by atoms with Crippen LogP contribution in [0.25, 0.3) is 0 Å². The molecule has 6 heteroatoms. The molecule has 1 saturated heterocycles. The van der Waals surface area contributed by atoms with Gasteiger partial charge in [-0.3, -0.25) is 0 Å². The summed E-state index contributed by atoms with van der Waals surface area (Å²) in [6, 6.07) is 7.05. The molecule has 0 bridgehead atoms. The molecule has 0 unspecified atom stereocenters. The van der Waals surface area contributed by atoms with Gasteiger partial charge in [-0.2, -0.15) is 11.8 Å². The zero-order chi connectivity index (χ0) is 11.6. The Morgan fingerprint density at radius 2 is 2.19 bits per heavy atom. The minimum Gasteiger partial charge on any atom is -0.489 e. The molecule has 88 valence electrons. The van der Waals surface area contributed by atoms with Crippen LogP contribution in [0.2, 0.25) is 0 Å². The second-order valence-corrected chi connectivity index (χ2v) is 7.46. The van der Waals surface area contributed by atoms with Crippen molar-refractivity contribution in [2.45, 2.75) is 11.9 Å². The molecule has 1 aromatic rings. The van der Waals surface area contributed by atoms with E-state index in [4.69, 9.17) is 15.4 Å². The predicted molar refractivity (Wildman–Crippen MR) is 66.7 cm³/mol. The van der Waals surface area contributed by atoms with Gasteiger partial charge in [0.2, 0.25) is 9.05 Å². The van der Waals surface area contributed by atoms with Crippen molar-refractivity contribution in [2.75, 3.05) is 11.5 Å². The van der Waals surface area contributed by atoms with Crippen LogP contribution >= 0.6 is 22.4 Å². The molecule has 0 N–H and O–H groups in total. The molecule has 1 fully saturated rings. The Labute approximate surface area is 104 Å². The van der Waals surface area contributed by atoms with Crippen LogP contribution in [0.15, 0.2) is 24.3 Å². The Bertz CT molecular complexity index is 469. The molecule has 3 nitrogen and oxygen atoms in total. The van der Waals surface area contributed by atoms with E-state index >= 15 is 0 Å². The molecule has 0 aromatic heterocycles. The average Bonchev–Trinajstić information content (AvgIpc) is 2.09. The van der Waals surface area contributed by atoms with Gasteiger partial charge in [-0.1, -0.05) is 12.1 Å². The third-order valence-corrected chi connectivity index (χ3v) is 4.37. The van der Waals surface area contributed by atoms with E-state index in [2.05, 4.69) is 0 Å².